The van der Waals surface area contributed by atoms with Crippen molar-refractivity contribution in [1.29, 1.82) is 0 Å². The molecule has 0 aliphatic carbocycles. The minimum absolute atomic E-state index is 0.138. The molecule has 2 heterocycles. The Balaban J connectivity index is 1.44. The van der Waals surface area contributed by atoms with Gasteiger partial charge < -0.3 is 34.5 Å². The maximum Gasteiger partial charge on any atom is 0.338 e. The lowest BCUT2D eigenvalue weighted by Crippen LogP contribution is -2.47. The number of alkyl halides is 3. The lowest BCUT2D eigenvalue weighted by molar-refractivity contribution is -0.384. The topological polar surface area (TPSA) is 142 Å². The Morgan fingerprint density at radius 1 is 0.927 bits per heavy atom. The fourth-order valence-electron chi connectivity index (χ4n) is 4.48. The zero-order chi connectivity index (χ0) is 29.4. The van der Waals surface area contributed by atoms with Crippen molar-refractivity contribution in [3.05, 3.63) is 69.8 Å². The van der Waals surface area contributed by atoms with E-state index >= 15 is 0 Å². The molecule has 0 saturated carbocycles. The number of nitro benzene ring substituents is 1. The predicted octanol–water partition coefficient (Wildman–Crippen LogP) is 3.78. The summed E-state index contributed by atoms with van der Waals surface area (Å²) in [5, 5.41) is 16.2. The second-order valence-corrected chi connectivity index (χ2v) is 10.2. The van der Waals surface area contributed by atoms with Crippen LogP contribution in [-0.4, -0.2) is 85.3 Å². The molecule has 2 aliphatic heterocycles. The van der Waals surface area contributed by atoms with Crippen molar-refractivity contribution in [3.63, 3.8) is 0 Å². The molecule has 2 aromatic carbocycles. The summed E-state index contributed by atoms with van der Waals surface area (Å²) < 4.78 is 23.7. The van der Waals surface area contributed by atoms with Crippen molar-refractivity contribution >= 4 is 58.2 Å². The van der Waals surface area contributed by atoms with Gasteiger partial charge in [-0.1, -0.05) is 12.1 Å². The molecular formula is C26H29Cl3N4O8. The number of anilines is 1. The van der Waals surface area contributed by atoms with E-state index in [1.54, 1.807) is 0 Å². The van der Waals surface area contributed by atoms with Crippen LogP contribution in [0.4, 0.5) is 16.2 Å². The van der Waals surface area contributed by atoms with Crippen molar-refractivity contribution in [2.45, 2.75) is 30.8 Å². The van der Waals surface area contributed by atoms with Crippen LogP contribution >= 0.6 is 34.8 Å². The van der Waals surface area contributed by atoms with Gasteiger partial charge in [0, 0.05) is 60.7 Å². The van der Waals surface area contributed by atoms with E-state index in [9.17, 15) is 19.7 Å². The molecule has 2 saturated heterocycles. The Labute approximate surface area is 251 Å². The number of urea groups is 1. The number of carbonyl (C=O) groups is 2. The number of non-ortho nitro benzene ring substituents is 1. The van der Waals surface area contributed by atoms with Crippen LogP contribution < -0.4 is 15.5 Å². The molecule has 0 radical (unpaired) electrons. The maximum absolute atomic E-state index is 12.6. The number of nitro groups is 1. The SMILES string of the molecule is O=C(NCCCl)NC1OC(COC(=O)c2ccc([N+](=O)[O-])cc2)C2OC(c3ccc(N(CCCl)CCCl)cc3)OC12. The lowest BCUT2D eigenvalue weighted by Gasteiger charge is -2.24. The van der Waals surface area contributed by atoms with Gasteiger partial charge in [0.2, 0.25) is 0 Å². The van der Waals surface area contributed by atoms with Gasteiger partial charge in [0.25, 0.3) is 5.69 Å². The third-order valence-corrected chi connectivity index (χ3v) is 6.98. The van der Waals surface area contributed by atoms with Crippen molar-refractivity contribution in [3.8, 4) is 0 Å². The van der Waals surface area contributed by atoms with Crippen LogP contribution in [0.2, 0.25) is 0 Å². The number of rotatable bonds is 13. The first-order valence-corrected chi connectivity index (χ1v) is 14.4. The molecule has 5 unspecified atom stereocenters. The van der Waals surface area contributed by atoms with E-state index in [0.29, 0.717) is 24.8 Å². The Bertz CT molecular complexity index is 1180. The predicted molar refractivity (Wildman–Crippen MR) is 152 cm³/mol. The quantitative estimate of drug-likeness (QED) is 0.146. The summed E-state index contributed by atoms with van der Waals surface area (Å²) in [7, 11) is 0. The molecule has 2 amide bonds. The number of carbonyl (C=O) groups excluding carboxylic acids is 2. The van der Waals surface area contributed by atoms with E-state index in [0.717, 1.165) is 11.3 Å². The van der Waals surface area contributed by atoms with Gasteiger partial charge >= 0.3 is 12.0 Å². The summed E-state index contributed by atoms with van der Waals surface area (Å²) in [5.41, 5.74) is 1.68. The molecule has 2 N–H and O–H groups in total. The van der Waals surface area contributed by atoms with Crippen LogP contribution in [0, 0.1) is 10.1 Å². The third kappa shape index (κ3) is 7.91. The highest BCUT2D eigenvalue weighted by Gasteiger charge is 2.54. The fourth-order valence-corrected chi connectivity index (χ4v) is 4.99. The van der Waals surface area contributed by atoms with Gasteiger partial charge in [-0.05, 0) is 24.3 Å². The molecule has 2 aromatic rings. The number of esters is 1. The number of hydrogen-bond acceptors (Lipinski definition) is 9. The molecule has 2 fully saturated rings. The first-order valence-electron chi connectivity index (χ1n) is 12.8. The van der Waals surface area contributed by atoms with Crippen LogP contribution in [0.15, 0.2) is 48.5 Å². The molecule has 0 spiro atoms. The van der Waals surface area contributed by atoms with E-state index < -0.39 is 47.8 Å². The third-order valence-electron chi connectivity index (χ3n) is 6.46. The van der Waals surface area contributed by atoms with E-state index in [2.05, 4.69) is 15.5 Å². The van der Waals surface area contributed by atoms with Gasteiger partial charge in [-0.25, -0.2) is 9.59 Å². The molecule has 0 bridgehead atoms. The highest BCUT2D eigenvalue weighted by Crippen LogP contribution is 2.40. The van der Waals surface area contributed by atoms with E-state index in [1.807, 2.05) is 24.3 Å². The van der Waals surface area contributed by atoms with Crippen LogP contribution in [0.3, 0.4) is 0 Å². The Morgan fingerprint density at radius 3 is 2.20 bits per heavy atom. The Kier molecular flexibility index (Phi) is 11.3. The second-order valence-electron chi connectivity index (χ2n) is 9.08. The van der Waals surface area contributed by atoms with Gasteiger partial charge in [-0.2, -0.15) is 0 Å². The summed E-state index contributed by atoms with van der Waals surface area (Å²) in [6.07, 6.45) is -3.81. The summed E-state index contributed by atoms with van der Waals surface area (Å²) in [6.45, 7) is 1.33. The molecule has 12 nitrogen and oxygen atoms in total. The Hall–Kier alpha value is -2.87. The molecule has 4 rings (SSSR count). The van der Waals surface area contributed by atoms with Crippen molar-refractivity contribution in [2.24, 2.45) is 0 Å². The van der Waals surface area contributed by atoms with Gasteiger partial charge in [-0.3, -0.25) is 10.1 Å². The van der Waals surface area contributed by atoms with Crippen LogP contribution in [0.5, 0.6) is 0 Å². The van der Waals surface area contributed by atoms with Crippen LogP contribution in [0.1, 0.15) is 22.2 Å². The van der Waals surface area contributed by atoms with Gasteiger partial charge in [-0.15, -0.1) is 34.8 Å². The fraction of sp³-hybridized carbons (Fsp3) is 0.462. The first-order chi connectivity index (χ1) is 19.8. The minimum atomic E-state index is -0.898. The molecule has 5 atom stereocenters. The molecule has 222 valence electrons. The average Bonchev–Trinajstić information content (AvgIpc) is 3.55. The highest BCUT2D eigenvalue weighted by molar-refractivity contribution is 6.18. The number of nitrogens with one attached hydrogen (secondary N) is 2. The molecular weight excluding hydrogens is 603 g/mol. The zero-order valence-electron chi connectivity index (χ0n) is 21.7. The number of hydrogen-bond donors (Lipinski definition) is 2. The normalized spacial score (nSPS) is 23.0. The number of halogens is 3. The average molecular weight is 632 g/mol. The van der Waals surface area contributed by atoms with E-state index in [-0.39, 0.29) is 30.3 Å². The van der Waals surface area contributed by atoms with Gasteiger partial charge in [0.1, 0.15) is 24.9 Å². The smallest absolute Gasteiger partial charge is 0.338 e. The van der Waals surface area contributed by atoms with Gasteiger partial charge in [0.15, 0.2) is 12.5 Å². The van der Waals surface area contributed by atoms with Crippen LogP contribution in [0.25, 0.3) is 0 Å². The summed E-state index contributed by atoms with van der Waals surface area (Å²) >= 11 is 17.5. The second kappa shape index (κ2) is 14.9. The van der Waals surface area contributed by atoms with Crippen molar-refractivity contribution in [1.82, 2.24) is 10.6 Å². The van der Waals surface area contributed by atoms with E-state index in [1.165, 1.54) is 24.3 Å². The standard InChI is InChI=1S/C26H29Cl3N4O8/c27-9-12-30-26(35)31-23-22-21(20(39-23)15-38-24(34)16-1-7-19(8-2-16)33(36)37)40-25(41-22)17-3-5-18(6-4-17)32(13-10-28)14-11-29/h1-8,20-23,25H,9-15H2,(H2,30,31,35). The number of amides is 2. The minimum Gasteiger partial charge on any atom is -0.459 e. The molecule has 0 aromatic heterocycles. The monoisotopic (exact) mass is 630 g/mol. The number of nitrogens with zero attached hydrogens (tertiary/aromatic N) is 2. The molecule has 15 heteroatoms. The summed E-state index contributed by atoms with van der Waals surface area (Å²) in [4.78, 5) is 37.3. The van der Waals surface area contributed by atoms with Crippen molar-refractivity contribution in [2.75, 3.05) is 48.8 Å². The van der Waals surface area contributed by atoms with E-state index in [4.69, 9.17) is 53.8 Å². The molecule has 41 heavy (non-hydrogen) atoms. The highest BCUT2D eigenvalue weighted by atomic mass is 35.5. The summed E-state index contributed by atoms with van der Waals surface area (Å²) in [5.74, 6) is 0.456. The zero-order valence-corrected chi connectivity index (χ0v) is 24.0. The first kappa shape index (κ1) is 31.1. The maximum atomic E-state index is 12.6. The van der Waals surface area contributed by atoms with Gasteiger partial charge in [0.05, 0.1) is 10.5 Å². The van der Waals surface area contributed by atoms with Crippen molar-refractivity contribution < 1.29 is 33.5 Å². The Morgan fingerprint density at radius 2 is 1.59 bits per heavy atom. The number of ether oxygens (including phenoxy) is 4. The number of fused-ring (bicyclic) bond motifs is 1. The largest absolute Gasteiger partial charge is 0.459 e. The number of benzene rings is 2. The van der Waals surface area contributed by atoms with Crippen LogP contribution in [-0.2, 0) is 18.9 Å². The molecule has 2 aliphatic rings. The summed E-state index contributed by atoms with van der Waals surface area (Å²) in [6, 6.07) is 12.1. The lowest BCUT2D eigenvalue weighted by atomic mass is 10.1.